The number of benzene rings is 3. The molecule has 3 aromatic carbocycles. The normalized spacial score (nSPS) is 22.9. The Morgan fingerprint density at radius 1 is 1.00 bits per heavy atom. The average molecular weight is 433 g/mol. The van der Waals surface area contributed by atoms with Crippen LogP contribution in [0.1, 0.15) is 41.6 Å². The van der Waals surface area contributed by atoms with E-state index in [1.54, 1.807) is 0 Å². The third-order valence-electron chi connectivity index (χ3n) is 5.70. The second-order valence-corrected chi connectivity index (χ2v) is 8.52. The van der Waals surface area contributed by atoms with Crippen molar-refractivity contribution in [1.29, 1.82) is 0 Å². The maximum Gasteiger partial charge on any atom is 0.221 e. The molecule has 140 valence electrons. The Hall–Kier alpha value is -2.59. The van der Waals surface area contributed by atoms with Crippen LogP contribution in [-0.2, 0) is 5.72 Å². The van der Waals surface area contributed by atoms with Crippen molar-refractivity contribution in [3.05, 3.63) is 99.5 Å². The summed E-state index contributed by atoms with van der Waals surface area (Å²) in [7, 11) is 0. The summed E-state index contributed by atoms with van der Waals surface area (Å²) in [5, 5.41) is 7.22. The van der Waals surface area contributed by atoms with Crippen LogP contribution >= 0.6 is 15.9 Å². The topological polar surface area (TPSA) is 24.8 Å². The van der Waals surface area contributed by atoms with Gasteiger partial charge in [0.05, 0.1) is 11.8 Å². The number of hydrogen-bond acceptors (Lipinski definition) is 3. The van der Waals surface area contributed by atoms with Gasteiger partial charge >= 0.3 is 0 Å². The highest BCUT2D eigenvalue weighted by atomic mass is 79.9. The molecule has 0 saturated heterocycles. The third kappa shape index (κ3) is 2.75. The number of ether oxygens (including phenoxy) is 1. The van der Waals surface area contributed by atoms with Gasteiger partial charge in [0.15, 0.2) is 0 Å². The first-order valence-electron chi connectivity index (χ1n) is 9.52. The van der Waals surface area contributed by atoms with Gasteiger partial charge in [-0.25, -0.2) is 5.01 Å². The monoisotopic (exact) mass is 432 g/mol. The minimum atomic E-state index is -0.661. The lowest BCUT2D eigenvalue weighted by atomic mass is 9.92. The largest absolute Gasteiger partial charge is 0.462 e. The van der Waals surface area contributed by atoms with Crippen LogP contribution in [0.3, 0.4) is 0 Å². The second-order valence-electron chi connectivity index (χ2n) is 7.61. The highest BCUT2D eigenvalue weighted by Crippen LogP contribution is 2.50. The molecule has 0 aliphatic carbocycles. The minimum Gasteiger partial charge on any atom is -0.462 e. The van der Waals surface area contributed by atoms with Gasteiger partial charge in [-0.05, 0) is 30.7 Å². The maximum absolute atomic E-state index is 6.57. The number of para-hydroxylation sites is 1. The van der Waals surface area contributed by atoms with Crippen LogP contribution in [0.25, 0.3) is 0 Å². The van der Waals surface area contributed by atoms with Gasteiger partial charge in [0.2, 0.25) is 5.72 Å². The van der Waals surface area contributed by atoms with Crippen LogP contribution in [0.4, 0.5) is 0 Å². The highest BCUT2D eigenvalue weighted by Gasteiger charge is 2.48. The Kier molecular flexibility index (Phi) is 4.06. The number of halogens is 1. The Labute approximate surface area is 173 Å². The van der Waals surface area contributed by atoms with Crippen LogP contribution in [0.2, 0.25) is 0 Å². The van der Waals surface area contributed by atoms with Gasteiger partial charge in [-0.15, -0.1) is 0 Å². The molecule has 0 radical (unpaired) electrons. The minimum absolute atomic E-state index is 0.162. The molecular weight excluding hydrogens is 412 g/mol. The SMILES string of the molecule is Cc1ccc(C2=NN3[C@H](C2)c2ccccc2O[C@@]3(C)c2ccc(Br)cc2)cc1. The average Bonchev–Trinajstić information content (AvgIpc) is 3.16. The molecule has 2 aliphatic rings. The molecule has 2 atom stereocenters. The standard InChI is InChI=1S/C24H21BrN2O/c1-16-7-9-17(10-8-16)21-15-22-20-5-3-4-6-23(20)28-24(2,27(22)26-21)18-11-13-19(25)14-12-18/h3-14,22H,15H2,1-2H3/t22-,24+/m1/s1. The van der Waals surface area contributed by atoms with Gasteiger partial charge in [0.1, 0.15) is 5.75 Å². The predicted molar refractivity (Wildman–Crippen MR) is 115 cm³/mol. The van der Waals surface area contributed by atoms with Crippen molar-refractivity contribution >= 4 is 21.6 Å². The summed E-state index contributed by atoms with van der Waals surface area (Å²) >= 11 is 3.53. The van der Waals surface area contributed by atoms with Crippen LogP contribution in [0.15, 0.2) is 82.4 Å². The molecule has 0 saturated carbocycles. The molecule has 0 bridgehead atoms. The number of aryl methyl sites for hydroxylation is 1. The first-order valence-corrected chi connectivity index (χ1v) is 10.3. The van der Waals surface area contributed by atoms with Gasteiger partial charge in [-0.1, -0.05) is 76.1 Å². The number of hydrogen-bond donors (Lipinski definition) is 0. The van der Waals surface area contributed by atoms with Crippen molar-refractivity contribution in [3.8, 4) is 5.75 Å². The van der Waals surface area contributed by atoms with E-state index in [0.29, 0.717) is 0 Å². The lowest BCUT2D eigenvalue weighted by Crippen LogP contribution is -2.48. The Morgan fingerprint density at radius 3 is 2.46 bits per heavy atom. The first kappa shape index (κ1) is 17.5. The Balaban J connectivity index is 1.64. The summed E-state index contributed by atoms with van der Waals surface area (Å²) in [6.45, 7) is 4.22. The summed E-state index contributed by atoms with van der Waals surface area (Å²) in [4.78, 5) is 0. The van der Waals surface area contributed by atoms with Gasteiger partial charge in [-0.2, -0.15) is 5.10 Å². The fraction of sp³-hybridized carbons (Fsp3) is 0.208. The van der Waals surface area contributed by atoms with Crippen molar-refractivity contribution in [2.24, 2.45) is 5.10 Å². The molecule has 5 rings (SSSR count). The van der Waals surface area contributed by atoms with Crippen molar-refractivity contribution < 1.29 is 4.74 Å². The molecule has 2 aliphatic heterocycles. The van der Waals surface area contributed by atoms with Crippen molar-refractivity contribution in [2.45, 2.75) is 32.0 Å². The summed E-state index contributed by atoms with van der Waals surface area (Å²) in [6, 6.07) is 25.4. The number of fused-ring (bicyclic) bond motifs is 3. The van der Waals surface area contributed by atoms with Gasteiger partial charge in [-0.3, -0.25) is 0 Å². The Bertz CT molecular complexity index is 1060. The van der Waals surface area contributed by atoms with E-state index >= 15 is 0 Å². The smallest absolute Gasteiger partial charge is 0.221 e. The lowest BCUT2D eigenvalue weighted by Gasteiger charge is -2.46. The quantitative estimate of drug-likeness (QED) is 0.483. The van der Waals surface area contributed by atoms with Gasteiger partial charge < -0.3 is 4.74 Å². The number of nitrogens with zero attached hydrogens (tertiary/aromatic N) is 2. The highest BCUT2D eigenvalue weighted by molar-refractivity contribution is 9.10. The molecule has 2 heterocycles. The zero-order valence-electron chi connectivity index (χ0n) is 15.9. The van der Waals surface area contributed by atoms with Crippen LogP contribution in [-0.4, -0.2) is 10.7 Å². The summed E-state index contributed by atoms with van der Waals surface area (Å²) in [6.07, 6.45) is 0.871. The van der Waals surface area contributed by atoms with Gasteiger partial charge in [0, 0.05) is 28.9 Å². The fourth-order valence-corrected chi connectivity index (χ4v) is 4.39. The summed E-state index contributed by atoms with van der Waals surface area (Å²) in [5.41, 5.74) is 5.16. The molecular formula is C24H21BrN2O. The zero-order valence-corrected chi connectivity index (χ0v) is 17.5. The fourth-order valence-electron chi connectivity index (χ4n) is 4.13. The molecule has 0 N–H and O–H groups in total. The number of hydrazone groups is 1. The molecule has 4 heteroatoms. The molecule has 0 aromatic heterocycles. The molecule has 0 spiro atoms. The van der Waals surface area contributed by atoms with Crippen LogP contribution in [0.5, 0.6) is 5.75 Å². The lowest BCUT2D eigenvalue weighted by molar-refractivity contribution is -0.112. The number of rotatable bonds is 2. The van der Waals surface area contributed by atoms with E-state index in [2.05, 4.69) is 102 Å². The van der Waals surface area contributed by atoms with Crippen molar-refractivity contribution in [2.75, 3.05) is 0 Å². The van der Waals surface area contributed by atoms with E-state index < -0.39 is 5.72 Å². The van der Waals surface area contributed by atoms with Crippen molar-refractivity contribution in [1.82, 2.24) is 5.01 Å². The van der Waals surface area contributed by atoms with Crippen LogP contribution in [0, 0.1) is 6.92 Å². The van der Waals surface area contributed by atoms with E-state index in [4.69, 9.17) is 9.84 Å². The molecule has 3 nitrogen and oxygen atoms in total. The van der Waals surface area contributed by atoms with Crippen LogP contribution < -0.4 is 4.74 Å². The predicted octanol–water partition coefficient (Wildman–Crippen LogP) is 6.17. The first-order chi connectivity index (χ1) is 13.5. The zero-order chi connectivity index (χ0) is 19.3. The molecule has 0 fully saturated rings. The Morgan fingerprint density at radius 2 is 1.71 bits per heavy atom. The molecule has 28 heavy (non-hydrogen) atoms. The van der Waals surface area contributed by atoms with E-state index in [1.165, 1.54) is 16.7 Å². The molecule has 0 unspecified atom stereocenters. The van der Waals surface area contributed by atoms with E-state index in [-0.39, 0.29) is 6.04 Å². The molecule has 3 aromatic rings. The van der Waals surface area contributed by atoms with Gasteiger partial charge in [0.25, 0.3) is 0 Å². The van der Waals surface area contributed by atoms with E-state index in [1.807, 2.05) is 6.07 Å². The van der Waals surface area contributed by atoms with E-state index in [0.717, 1.165) is 27.9 Å². The third-order valence-corrected chi connectivity index (χ3v) is 6.23. The van der Waals surface area contributed by atoms with Crippen molar-refractivity contribution in [3.63, 3.8) is 0 Å². The van der Waals surface area contributed by atoms with E-state index in [9.17, 15) is 0 Å². The summed E-state index contributed by atoms with van der Waals surface area (Å²) in [5.74, 6) is 0.939. The molecule has 0 amide bonds. The maximum atomic E-state index is 6.57. The summed E-state index contributed by atoms with van der Waals surface area (Å²) < 4.78 is 7.62. The second kappa shape index (κ2) is 6.49.